The number of benzene rings is 1. The lowest BCUT2D eigenvalue weighted by atomic mass is 10.0. The molecule has 2 N–H and O–H groups in total. The van der Waals surface area contributed by atoms with Gasteiger partial charge in [-0.25, -0.2) is 0 Å². The third-order valence-corrected chi connectivity index (χ3v) is 2.83. The van der Waals surface area contributed by atoms with Crippen LogP contribution in [-0.4, -0.2) is 21.2 Å². The molecule has 0 fully saturated rings. The van der Waals surface area contributed by atoms with E-state index in [2.05, 4.69) is 65.6 Å². The van der Waals surface area contributed by atoms with Crippen LogP contribution in [0.3, 0.4) is 0 Å². The van der Waals surface area contributed by atoms with Gasteiger partial charge in [0.25, 0.3) is 0 Å². The van der Waals surface area contributed by atoms with Crippen molar-refractivity contribution in [3.05, 3.63) is 36.0 Å². The fourth-order valence-electron chi connectivity index (χ4n) is 1.80. The molecule has 106 valence electrons. The van der Waals surface area contributed by atoms with Crippen LogP contribution < -0.4 is 10.6 Å². The summed E-state index contributed by atoms with van der Waals surface area (Å²) < 4.78 is 0. The van der Waals surface area contributed by atoms with E-state index < -0.39 is 0 Å². The Morgan fingerprint density at radius 3 is 2.30 bits per heavy atom. The van der Waals surface area contributed by atoms with Gasteiger partial charge in [-0.3, -0.25) is 0 Å². The van der Waals surface area contributed by atoms with Gasteiger partial charge in [0.1, 0.15) is 0 Å². The van der Waals surface area contributed by atoms with E-state index >= 15 is 0 Å². The zero-order valence-corrected chi connectivity index (χ0v) is 12.4. The van der Waals surface area contributed by atoms with Crippen molar-refractivity contribution in [2.75, 3.05) is 10.6 Å². The Morgan fingerprint density at radius 2 is 1.70 bits per heavy atom. The van der Waals surface area contributed by atoms with Gasteiger partial charge in [0.2, 0.25) is 5.95 Å². The molecule has 0 saturated carbocycles. The first-order valence-electron chi connectivity index (χ1n) is 6.88. The molecule has 1 aromatic carbocycles. The Bertz CT molecular complexity index is 548. The normalized spacial score (nSPS) is 10.9. The number of rotatable bonds is 5. The van der Waals surface area contributed by atoms with Crippen molar-refractivity contribution in [1.29, 1.82) is 0 Å². The smallest absolute Gasteiger partial charge is 0.249 e. The molecule has 0 unspecified atom stereocenters. The summed E-state index contributed by atoms with van der Waals surface area (Å²) in [6, 6.07) is 8.58. The molecule has 0 saturated heterocycles. The zero-order chi connectivity index (χ0) is 14.5. The molecule has 5 nitrogen and oxygen atoms in total. The van der Waals surface area contributed by atoms with Crippen molar-refractivity contribution in [2.24, 2.45) is 0 Å². The fourth-order valence-corrected chi connectivity index (χ4v) is 1.80. The van der Waals surface area contributed by atoms with E-state index in [4.69, 9.17) is 0 Å². The molecule has 0 amide bonds. The number of nitrogens with zero attached hydrogens (tertiary/aromatic N) is 3. The van der Waals surface area contributed by atoms with Gasteiger partial charge >= 0.3 is 0 Å². The summed E-state index contributed by atoms with van der Waals surface area (Å²) in [5, 5.41) is 14.3. The molecular weight excluding hydrogens is 250 g/mol. The lowest BCUT2D eigenvalue weighted by molar-refractivity contribution is 0.866. The van der Waals surface area contributed by atoms with Crippen molar-refractivity contribution in [3.63, 3.8) is 0 Å². The van der Waals surface area contributed by atoms with Crippen LogP contribution in [0.25, 0.3) is 0 Å². The molecule has 0 bridgehead atoms. The second-order valence-corrected chi connectivity index (χ2v) is 5.37. The van der Waals surface area contributed by atoms with Gasteiger partial charge in [0.05, 0.1) is 6.20 Å². The van der Waals surface area contributed by atoms with E-state index in [1.54, 1.807) is 6.20 Å². The van der Waals surface area contributed by atoms with E-state index in [9.17, 15) is 0 Å². The van der Waals surface area contributed by atoms with Crippen LogP contribution in [0.2, 0.25) is 0 Å². The van der Waals surface area contributed by atoms with Crippen LogP contribution in [-0.2, 0) is 0 Å². The quantitative estimate of drug-likeness (QED) is 0.870. The highest BCUT2D eigenvalue weighted by Gasteiger charge is 2.03. The molecule has 0 atom stereocenters. The largest absolute Gasteiger partial charge is 0.366 e. The summed E-state index contributed by atoms with van der Waals surface area (Å²) in [7, 11) is 0. The van der Waals surface area contributed by atoms with Gasteiger partial charge < -0.3 is 10.6 Å². The molecule has 0 spiro atoms. The number of hydrogen-bond donors (Lipinski definition) is 2. The molecule has 0 radical (unpaired) electrons. The van der Waals surface area contributed by atoms with Crippen LogP contribution in [0.1, 0.15) is 39.2 Å². The maximum absolute atomic E-state index is 4.37. The Balaban J connectivity index is 2.09. The van der Waals surface area contributed by atoms with E-state index in [0.717, 1.165) is 11.5 Å². The highest BCUT2D eigenvalue weighted by atomic mass is 15.3. The SMILES string of the molecule is CC(C)Nc1cnnc(Nc2ccc(C(C)C)cc2)n1. The van der Waals surface area contributed by atoms with Crippen LogP contribution in [0.15, 0.2) is 30.5 Å². The van der Waals surface area contributed by atoms with Crippen molar-refractivity contribution in [3.8, 4) is 0 Å². The summed E-state index contributed by atoms with van der Waals surface area (Å²) >= 11 is 0. The fraction of sp³-hybridized carbons (Fsp3) is 0.400. The summed E-state index contributed by atoms with van der Waals surface area (Å²) in [5.41, 5.74) is 2.27. The van der Waals surface area contributed by atoms with Crippen molar-refractivity contribution >= 4 is 17.5 Å². The maximum atomic E-state index is 4.37. The second-order valence-electron chi connectivity index (χ2n) is 5.37. The molecule has 2 aromatic rings. The van der Waals surface area contributed by atoms with E-state index in [-0.39, 0.29) is 0 Å². The summed E-state index contributed by atoms with van der Waals surface area (Å²) in [6.45, 7) is 8.47. The van der Waals surface area contributed by atoms with Gasteiger partial charge in [-0.1, -0.05) is 26.0 Å². The van der Waals surface area contributed by atoms with Crippen LogP contribution >= 0.6 is 0 Å². The molecule has 0 aliphatic rings. The van der Waals surface area contributed by atoms with Crippen molar-refractivity contribution < 1.29 is 0 Å². The lowest BCUT2D eigenvalue weighted by Crippen LogP contribution is -2.12. The van der Waals surface area contributed by atoms with Crippen molar-refractivity contribution in [2.45, 2.75) is 39.7 Å². The summed E-state index contributed by atoms with van der Waals surface area (Å²) in [6.07, 6.45) is 1.62. The lowest BCUT2D eigenvalue weighted by Gasteiger charge is -2.10. The van der Waals surface area contributed by atoms with Crippen LogP contribution in [0.5, 0.6) is 0 Å². The topological polar surface area (TPSA) is 62.7 Å². The average Bonchev–Trinajstić information content (AvgIpc) is 2.39. The highest BCUT2D eigenvalue weighted by molar-refractivity contribution is 5.54. The first-order valence-corrected chi connectivity index (χ1v) is 6.88. The number of nitrogens with one attached hydrogen (secondary N) is 2. The van der Waals surface area contributed by atoms with Gasteiger partial charge in [0, 0.05) is 11.7 Å². The molecule has 2 rings (SSSR count). The monoisotopic (exact) mass is 271 g/mol. The molecule has 1 heterocycles. The summed E-state index contributed by atoms with van der Waals surface area (Å²) in [5.74, 6) is 1.74. The van der Waals surface area contributed by atoms with E-state index in [1.165, 1.54) is 5.56 Å². The van der Waals surface area contributed by atoms with Gasteiger partial charge in [-0.15, -0.1) is 5.10 Å². The number of hydrogen-bond acceptors (Lipinski definition) is 5. The number of anilines is 3. The third-order valence-electron chi connectivity index (χ3n) is 2.83. The Morgan fingerprint density at radius 1 is 1.00 bits per heavy atom. The highest BCUT2D eigenvalue weighted by Crippen LogP contribution is 2.19. The van der Waals surface area contributed by atoms with Crippen LogP contribution in [0.4, 0.5) is 17.5 Å². The minimum Gasteiger partial charge on any atom is -0.366 e. The average molecular weight is 271 g/mol. The first-order chi connectivity index (χ1) is 9.54. The third kappa shape index (κ3) is 3.91. The molecular formula is C15H21N5. The zero-order valence-electron chi connectivity index (χ0n) is 12.4. The Kier molecular flexibility index (Phi) is 4.50. The predicted molar refractivity (Wildman–Crippen MR) is 82.4 cm³/mol. The minimum absolute atomic E-state index is 0.310. The Hall–Kier alpha value is -2.17. The Labute approximate surface area is 119 Å². The molecule has 0 aliphatic carbocycles. The van der Waals surface area contributed by atoms with Crippen LogP contribution in [0, 0.1) is 0 Å². The number of aromatic nitrogens is 3. The minimum atomic E-state index is 0.310. The van der Waals surface area contributed by atoms with Gasteiger partial charge in [0.15, 0.2) is 5.82 Å². The van der Waals surface area contributed by atoms with E-state index in [1.807, 2.05) is 12.1 Å². The summed E-state index contributed by atoms with van der Waals surface area (Å²) in [4.78, 5) is 4.37. The maximum Gasteiger partial charge on any atom is 0.249 e. The molecule has 5 heteroatoms. The van der Waals surface area contributed by atoms with E-state index in [0.29, 0.717) is 17.9 Å². The predicted octanol–water partition coefficient (Wildman–Crippen LogP) is 3.56. The molecule has 20 heavy (non-hydrogen) atoms. The van der Waals surface area contributed by atoms with Gasteiger partial charge in [-0.2, -0.15) is 10.1 Å². The first kappa shape index (κ1) is 14.2. The molecule has 1 aromatic heterocycles. The molecule has 0 aliphatic heterocycles. The second kappa shape index (κ2) is 6.32. The van der Waals surface area contributed by atoms with Gasteiger partial charge in [-0.05, 0) is 37.5 Å². The standard InChI is InChI=1S/C15H21N5/c1-10(2)12-5-7-13(8-6-12)18-15-19-14(9-16-20-15)17-11(3)4/h5-11H,1-4H3,(H2,17,18,19,20). The van der Waals surface area contributed by atoms with Crippen molar-refractivity contribution in [1.82, 2.24) is 15.2 Å².